The van der Waals surface area contributed by atoms with Gasteiger partial charge in [0.15, 0.2) is 0 Å². The summed E-state index contributed by atoms with van der Waals surface area (Å²) in [6.45, 7) is 0.193. The van der Waals surface area contributed by atoms with Crippen LogP contribution in [0.25, 0.3) is 0 Å². The first-order valence-corrected chi connectivity index (χ1v) is 9.11. The number of carbonyl (C=O) groups is 1. The van der Waals surface area contributed by atoms with Gasteiger partial charge in [0.05, 0.1) is 12.3 Å². The van der Waals surface area contributed by atoms with Crippen molar-refractivity contribution in [3.8, 4) is 0 Å². The molecule has 23 heavy (non-hydrogen) atoms. The molecule has 1 saturated carbocycles. The number of ketones is 1. The van der Waals surface area contributed by atoms with Gasteiger partial charge < -0.3 is 5.73 Å². The van der Waals surface area contributed by atoms with Gasteiger partial charge in [-0.3, -0.25) is 9.79 Å². The maximum Gasteiger partial charge on any atom is 0.146 e. The fourth-order valence-electron chi connectivity index (χ4n) is 4.17. The standard InChI is InChI=1S/C20H28N2O/c21-14-18(23)13-15-5-3-7-17(11-10-15)20-19-9-2-1-6-16(19)8-4-12-22-20/h2,4,9,12,15,17H,1,3,5-8,10-11,13-14,21H2. The minimum absolute atomic E-state index is 0.193. The zero-order valence-electron chi connectivity index (χ0n) is 14.0. The third kappa shape index (κ3) is 4.08. The first kappa shape index (κ1) is 16.4. The predicted molar refractivity (Wildman–Crippen MR) is 95.3 cm³/mol. The Morgan fingerprint density at radius 3 is 3.00 bits per heavy atom. The highest BCUT2D eigenvalue weighted by atomic mass is 16.1. The van der Waals surface area contributed by atoms with Crippen molar-refractivity contribution in [1.82, 2.24) is 0 Å². The lowest BCUT2D eigenvalue weighted by Crippen LogP contribution is -2.19. The Hall–Kier alpha value is -1.48. The molecular weight excluding hydrogens is 284 g/mol. The van der Waals surface area contributed by atoms with Crippen molar-refractivity contribution in [2.24, 2.45) is 22.6 Å². The minimum atomic E-state index is 0.193. The van der Waals surface area contributed by atoms with Crippen LogP contribution < -0.4 is 5.73 Å². The van der Waals surface area contributed by atoms with E-state index < -0.39 is 0 Å². The molecule has 3 heteroatoms. The summed E-state index contributed by atoms with van der Waals surface area (Å²) in [5.41, 5.74) is 9.73. The van der Waals surface area contributed by atoms with Gasteiger partial charge in [0.2, 0.25) is 0 Å². The Morgan fingerprint density at radius 2 is 2.13 bits per heavy atom. The van der Waals surface area contributed by atoms with Gasteiger partial charge in [-0.25, -0.2) is 0 Å². The first-order chi connectivity index (χ1) is 11.3. The monoisotopic (exact) mass is 312 g/mol. The number of aliphatic imine (C=N–C) groups is 1. The van der Waals surface area contributed by atoms with Gasteiger partial charge >= 0.3 is 0 Å². The first-order valence-electron chi connectivity index (χ1n) is 9.11. The SMILES string of the molecule is NCC(=O)CC1CCCC(C2=NC=CCC3=C2C=CCC3)CC1. The van der Waals surface area contributed by atoms with Crippen LogP contribution >= 0.6 is 0 Å². The summed E-state index contributed by atoms with van der Waals surface area (Å²) >= 11 is 0. The molecule has 3 rings (SSSR count). The Kier molecular flexibility index (Phi) is 5.60. The number of rotatable bonds is 4. The molecule has 1 fully saturated rings. The van der Waals surface area contributed by atoms with E-state index in [9.17, 15) is 4.79 Å². The lowest BCUT2D eigenvalue weighted by Gasteiger charge is -2.22. The number of nitrogens with zero attached hydrogens (tertiary/aromatic N) is 1. The number of Topliss-reactive ketones (excluding diaryl/α,β-unsaturated/α-hetero) is 1. The maximum atomic E-state index is 11.6. The molecule has 0 aromatic heterocycles. The van der Waals surface area contributed by atoms with E-state index in [4.69, 9.17) is 10.7 Å². The van der Waals surface area contributed by atoms with Gasteiger partial charge in [0, 0.05) is 18.5 Å². The summed E-state index contributed by atoms with van der Waals surface area (Å²) in [6.07, 6.45) is 18.7. The van der Waals surface area contributed by atoms with E-state index in [0.29, 0.717) is 18.3 Å². The molecule has 124 valence electrons. The summed E-state index contributed by atoms with van der Waals surface area (Å²) in [7, 11) is 0. The fourth-order valence-corrected chi connectivity index (χ4v) is 4.17. The third-order valence-corrected chi connectivity index (χ3v) is 5.46. The van der Waals surface area contributed by atoms with Crippen LogP contribution in [-0.2, 0) is 4.79 Å². The predicted octanol–water partition coefficient (Wildman–Crippen LogP) is 4.11. The lowest BCUT2D eigenvalue weighted by atomic mass is 9.84. The largest absolute Gasteiger partial charge is 0.324 e. The molecule has 3 aliphatic rings. The normalized spacial score (nSPS) is 28.0. The van der Waals surface area contributed by atoms with Crippen LogP contribution in [0.15, 0.2) is 40.6 Å². The fraction of sp³-hybridized carbons (Fsp3) is 0.600. The Morgan fingerprint density at radius 1 is 1.22 bits per heavy atom. The molecule has 0 bridgehead atoms. The zero-order valence-corrected chi connectivity index (χ0v) is 14.0. The Labute approximate surface area is 139 Å². The van der Waals surface area contributed by atoms with Crippen molar-refractivity contribution in [3.05, 3.63) is 35.6 Å². The molecule has 2 atom stereocenters. The topological polar surface area (TPSA) is 55.5 Å². The summed E-state index contributed by atoms with van der Waals surface area (Å²) in [6, 6.07) is 0. The average Bonchev–Trinajstić information content (AvgIpc) is 2.93. The molecular formula is C20H28N2O. The van der Waals surface area contributed by atoms with Gasteiger partial charge in [0.25, 0.3) is 0 Å². The van der Waals surface area contributed by atoms with Crippen LogP contribution in [0, 0.1) is 11.8 Å². The Bertz CT molecular complexity index is 568. The second-order valence-electron chi connectivity index (χ2n) is 7.08. The molecule has 2 unspecified atom stereocenters. The van der Waals surface area contributed by atoms with E-state index in [1.54, 1.807) is 5.57 Å². The average molecular weight is 312 g/mol. The number of carbonyl (C=O) groups excluding carboxylic acids is 1. The molecule has 3 nitrogen and oxygen atoms in total. The van der Waals surface area contributed by atoms with E-state index in [0.717, 1.165) is 32.1 Å². The summed E-state index contributed by atoms with van der Waals surface area (Å²) < 4.78 is 0. The molecule has 0 amide bonds. The van der Waals surface area contributed by atoms with Gasteiger partial charge in [-0.1, -0.05) is 36.6 Å². The quantitative estimate of drug-likeness (QED) is 0.794. The number of hydrogen-bond acceptors (Lipinski definition) is 3. The van der Waals surface area contributed by atoms with E-state index >= 15 is 0 Å². The molecule has 1 aliphatic heterocycles. The number of allylic oxidation sites excluding steroid dienone is 5. The van der Waals surface area contributed by atoms with Gasteiger partial charge in [-0.15, -0.1) is 0 Å². The van der Waals surface area contributed by atoms with Crippen molar-refractivity contribution in [2.75, 3.05) is 6.54 Å². The highest BCUT2D eigenvalue weighted by molar-refractivity contribution is 6.05. The smallest absolute Gasteiger partial charge is 0.146 e. The second kappa shape index (κ2) is 7.87. The Balaban J connectivity index is 1.71. The molecule has 0 spiro atoms. The molecule has 0 aromatic rings. The zero-order chi connectivity index (χ0) is 16.1. The van der Waals surface area contributed by atoms with E-state index in [1.807, 2.05) is 6.20 Å². The van der Waals surface area contributed by atoms with Gasteiger partial charge in [-0.2, -0.15) is 0 Å². The van der Waals surface area contributed by atoms with Gasteiger partial charge in [0.1, 0.15) is 5.78 Å². The van der Waals surface area contributed by atoms with Crippen molar-refractivity contribution >= 4 is 11.5 Å². The van der Waals surface area contributed by atoms with Crippen LogP contribution in [0.1, 0.15) is 57.8 Å². The maximum absolute atomic E-state index is 11.6. The van der Waals surface area contributed by atoms with E-state index in [1.165, 1.54) is 30.5 Å². The highest BCUT2D eigenvalue weighted by Crippen LogP contribution is 2.35. The molecule has 2 aliphatic carbocycles. The minimum Gasteiger partial charge on any atom is -0.324 e. The molecule has 0 radical (unpaired) electrons. The summed E-state index contributed by atoms with van der Waals surface area (Å²) in [5, 5.41) is 0. The molecule has 0 aromatic carbocycles. The highest BCUT2D eigenvalue weighted by Gasteiger charge is 2.26. The van der Waals surface area contributed by atoms with E-state index in [2.05, 4.69) is 18.2 Å². The second-order valence-corrected chi connectivity index (χ2v) is 7.08. The van der Waals surface area contributed by atoms with Crippen LogP contribution in [-0.4, -0.2) is 18.0 Å². The van der Waals surface area contributed by atoms with Crippen LogP contribution in [0.4, 0.5) is 0 Å². The van der Waals surface area contributed by atoms with Gasteiger partial charge in [-0.05, 0) is 50.0 Å². The number of hydrogen-bond donors (Lipinski definition) is 1. The third-order valence-electron chi connectivity index (χ3n) is 5.46. The van der Waals surface area contributed by atoms with Crippen molar-refractivity contribution < 1.29 is 4.79 Å². The molecule has 2 N–H and O–H groups in total. The lowest BCUT2D eigenvalue weighted by molar-refractivity contribution is -0.118. The van der Waals surface area contributed by atoms with E-state index in [-0.39, 0.29) is 12.3 Å². The molecule has 0 saturated heterocycles. The summed E-state index contributed by atoms with van der Waals surface area (Å²) in [4.78, 5) is 16.4. The summed E-state index contributed by atoms with van der Waals surface area (Å²) in [5.74, 6) is 1.28. The van der Waals surface area contributed by atoms with Crippen LogP contribution in [0.3, 0.4) is 0 Å². The number of nitrogens with two attached hydrogens (primary N) is 1. The van der Waals surface area contributed by atoms with Crippen LogP contribution in [0.5, 0.6) is 0 Å². The van der Waals surface area contributed by atoms with Crippen LogP contribution in [0.2, 0.25) is 0 Å². The van der Waals surface area contributed by atoms with Crippen molar-refractivity contribution in [3.63, 3.8) is 0 Å². The molecule has 1 heterocycles. The van der Waals surface area contributed by atoms with Crippen molar-refractivity contribution in [1.29, 1.82) is 0 Å². The van der Waals surface area contributed by atoms with Crippen molar-refractivity contribution in [2.45, 2.75) is 57.8 Å².